The molecule has 1 aliphatic heterocycles. The molecule has 1 aromatic rings. The molecule has 1 heterocycles. The van der Waals surface area contributed by atoms with E-state index in [1.54, 1.807) is 12.1 Å². The predicted molar refractivity (Wildman–Crippen MR) is 65.8 cm³/mol. The van der Waals surface area contributed by atoms with E-state index < -0.39 is 11.8 Å². The van der Waals surface area contributed by atoms with Crippen LogP contribution in [0.3, 0.4) is 0 Å². The third-order valence-corrected chi connectivity index (χ3v) is 3.21. The minimum Gasteiger partial charge on any atom is -0.369 e. The van der Waals surface area contributed by atoms with Gasteiger partial charge in [0.1, 0.15) is 0 Å². The average molecular weight is 264 g/mol. The van der Waals surface area contributed by atoms with E-state index in [9.17, 15) is 9.59 Å². The summed E-state index contributed by atoms with van der Waals surface area (Å²) < 4.78 is 0. The van der Waals surface area contributed by atoms with E-state index in [1.165, 1.54) is 11.0 Å². The van der Waals surface area contributed by atoms with Crippen LogP contribution in [0.25, 0.3) is 0 Å². The van der Waals surface area contributed by atoms with Gasteiger partial charge in [-0.3, -0.25) is 9.59 Å². The van der Waals surface area contributed by atoms with Crippen LogP contribution in [0.5, 0.6) is 0 Å². The van der Waals surface area contributed by atoms with Gasteiger partial charge in [0.2, 0.25) is 11.8 Å². The summed E-state index contributed by atoms with van der Waals surface area (Å²) in [6.07, 6.45) is 0.0858. The van der Waals surface area contributed by atoms with Gasteiger partial charge in [-0.2, -0.15) is 5.26 Å². The van der Waals surface area contributed by atoms with Crippen molar-refractivity contribution < 1.29 is 9.59 Å². The SMILES string of the molecule is N#Cc1ccc(Cl)c(N2CC(C(N)=O)CC2=O)c1. The van der Waals surface area contributed by atoms with Crippen LogP contribution in [-0.2, 0) is 9.59 Å². The second kappa shape index (κ2) is 4.67. The molecular formula is C12H10ClN3O2. The molecule has 5 nitrogen and oxygen atoms in total. The number of nitriles is 1. The number of hydrogen-bond acceptors (Lipinski definition) is 3. The lowest BCUT2D eigenvalue weighted by molar-refractivity contribution is -0.123. The Bertz CT molecular complexity index is 565. The minimum atomic E-state index is -0.501. The Morgan fingerprint density at radius 2 is 2.28 bits per heavy atom. The fourth-order valence-corrected chi connectivity index (χ4v) is 2.14. The fraction of sp³-hybridized carbons (Fsp3) is 0.250. The van der Waals surface area contributed by atoms with Crippen LogP contribution in [-0.4, -0.2) is 18.4 Å². The summed E-state index contributed by atoms with van der Waals surface area (Å²) in [7, 11) is 0. The van der Waals surface area contributed by atoms with Crippen LogP contribution in [0.2, 0.25) is 5.02 Å². The van der Waals surface area contributed by atoms with Gasteiger partial charge < -0.3 is 10.6 Å². The molecule has 92 valence electrons. The highest BCUT2D eigenvalue weighted by atomic mass is 35.5. The number of halogens is 1. The number of hydrogen-bond donors (Lipinski definition) is 1. The first kappa shape index (κ1) is 12.4. The summed E-state index contributed by atoms with van der Waals surface area (Å²) in [5.41, 5.74) is 6.05. The van der Waals surface area contributed by atoms with Crippen LogP contribution in [0.4, 0.5) is 5.69 Å². The predicted octanol–water partition coefficient (Wildman–Crippen LogP) is 1.05. The van der Waals surface area contributed by atoms with Crippen molar-refractivity contribution in [2.24, 2.45) is 11.7 Å². The Hall–Kier alpha value is -2.06. The Kier molecular flexibility index (Phi) is 3.21. The number of anilines is 1. The molecular weight excluding hydrogens is 254 g/mol. The standard InChI is InChI=1S/C12H10ClN3O2/c13-9-2-1-7(5-14)3-10(9)16-6-8(12(15)18)4-11(16)17/h1-3,8H,4,6H2,(H2,15,18). The first-order chi connectivity index (χ1) is 8.52. The summed E-state index contributed by atoms with van der Waals surface area (Å²) in [6.45, 7) is 0.211. The normalized spacial score (nSPS) is 18.8. The molecule has 1 unspecified atom stereocenters. The lowest BCUT2D eigenvalue weighted by atomic mass is 10.1. The van der Waals surface area contributed by atoms with E-state index >= 15 is 0 Å². The van der Waals surface area contributed by atoms with Crippen LogP contribution >= 0.6 is 11.6 Å². The molecule has 0 aromatic heterocycles. The number of primary amides is 1. The van der Waals surface area contributed by atoms with Gasteiger partial charge in [-0.25, -0.2) is 0 Å². The first-order valence-electron chi connectivity index (χ1n) is 5.32. The number of nitrogens with zero attached hydrogens (tertiary/aromatic N) is 2. The molecule has 2 N–H and O–H groups in total. The van der Waals surface area contributed by atoms with Crippen molar-refractivity contribution >= 4 is 29.1 Å². The summed E-state index contributed by atoms with van der Waals surface area (Å²) >= 11 is 6.01. The van der Waals surface area contributed by atoms with Crippen molar-refractivity contribution in [3.63, 3.8) is 0 Å². The van der Waals surface area contributed by atoms with E-state index in [0.29, 0.717) is 16.3 Å². The molecule has 6 heteroatoms. The smallest absolute Gasteiger partial charge is 0.227 e. The summed E-state index contributed by atoms with van der Waals surface area (Å²) in [4.78, 5) is 24.3. The molecule has 0 spiro atoms. The van der Waals surface area contributed by atoms with Crippen molar-refractivity contribution in [3.8, 4) is 6.07 Å². The van der Waals surface area contributed by atoms with Gasteiger partial charge in [0, 0.05) is 13.0 Å². The molecule has 1 aliphatic rings. The zero-order valence-electron chi connectivity index (χ0n) is 9.39. The van der Waals surface area contributed by atoms with Crippen LogP contribution in [0.15, 0.2) is 18.2 Å². The third kappa shape index (κ3) is 2.15. The topological polar surface area (TPSA) is 87.2 Å². The molecule has 1 fully saturated rings. The number of benzene rings is 1. The Morgan fingerprint density at radius 1 is 1.56 bits per heavy atom. The molecule has 2 rings (SSSR count). The van der Waals surface area contributed by atoms with Gasteiger partial charge in [-0.1, -0.05) is 11.6 Å². The molecule has 1 saturated heterocycles. The third-order valence-electron chi connectivity index (χ3n) is 2.89. The van der Waals surface area contributed by atoms with Crippen molar-refractivity contribution in [1.82, 2.24) is 0 Å². The van der Waals surface area contributed by atoms with E-state index in [1.807, 2.05) is 6.07 Å². The highest BCUT2D eigenvalue weighted by molar-refractivity contribution is 6.34. The van der Waals surface area contributed by atoms with Crippen molar-refractivity contribution in [2.75, 3.05) is 11.4 Å². The first-order valence-corrected chi connectivity index (χ1v) is 5.70. The van der Waals surface area contributed by atoms with Gasteiger partial charge in [0.25, 0.3) is 0 Å². The van der Waals surface area contributed by atoms with Crippen LogP contribution in [0.1, 0.15) is 12.0 Å². The summed E-state index contributed by atoms with van der Waals surface area (Å²) in [6, 6.07) is 6.63. The maximum Gasteiger partial charge on any atom is 0.227 e. The molecule has 1 aromatic carbocycles. The monoisotopic (exact) mass is 263 g/mol. The van der Waals surface area contributed by atoms with E-state index in [2.05, 4.69) is 0 Å². The zero-order chi connectivity index (χ0) is 13.3. The summed E-state index contributed by atoms with van der Waals surface area (Å²) in [5, 5.41) is 9.20. The Balaban J connectivity index is 2.35. The Labute approximate surface area is 109 Å². The molecule has 0 aliphatic carbocycles. The number of carbonyl (C=O) groups is 2. The molecule has 1 atom stereocenters. The minimum absolute atomic E-state index is 0.0858. The van der Waals surface area contributed by atoms with Gasteiger partial charge in [0.15, 0.2) is 0 Å². The van der Waals surface area contributed by atoms with Crippen LogP contribution in [0, 0.1) is 17.2 Å². The zero-order valence-corrected chi connectivity index (χ0v) is 10.1. The van der Waals surface area contributed by atoms with E-state index in [4.69, 9.17) is 22.6 Å². The van der Waals surface area contributed by atoms with Crippen molar-refractivity contribution in [1.29, 1.82) is 5.26 Å². The van der Waals surface area contributed by atoms with Gasteiger partial charge in [0.05, 0.1) is 28.3 Å². The number of nitrogens with two attached hydrogens (primary N) is 1. The molecule has 0 bridgehead atoms. The van der Waals surface area contributed by atoms with E-state index in [0.717, 1.165) is 0 Å². The number of amides is 2. The summed E-state index contributed by atoms with van der Waals surface area (Å²) in [5.74, 6) is -1.21. The maximum atomic E-state index is 11.8. The molecule has 18 heavy (non-hydrogen) atoms. The molecule has 0 radical (unpaired) electrons. The fourth-order valence-electron chi connectivity index (χ4n) is 1.92. The van der Waals surface area contributed by atoms with Gasteiger partial charge >= 0.3 is 0 Å². The van der Waals surface area contributed by atoms with E-state index in [-0.39, 0.29) is 18.9 Å². The molecule has 0 saturated carbocycles. The lowest BCUT2D eigenvalue weighted by Gasteiger charge is -2.17. The lowest BCUT2D eigenvalue weighted by Crippen LogP contribution is -2.28. The van der Waals surface area contributed by atoms with Crippen LogP contribution < -0.4 is 10.6 Å². The maximum absolute atomic E-state index is 11.8. The highest BCUT2D eigenvalue weighted by Gasteiger charge is 2.34. The van der Waals surface area contributed by atoms with Gasteiger partial charge in [-0.15, -0.1) is 0 Å². The average Bonchev–Trinajstić information content (AvgIpc) is 2.72. The largest absolute Gasteiger partial charge is 0.369 e. The number of rotatable bonds is 2. The highest BCUT2D eigenvalue weighted by Crippen LogP contribution is 2.31. The van der Waals surface area contributed by atoms with Gasteiger partial charge in [-0.05, 0) is 18.2 Å². The second-order valence-corrected chi connectivity index (χ2v) is 4.49. The molecule has 2 amide bonds. The second-order valence-electron chi connectivity index (χ2n) is 4.09. The van der Waals surface area contributed by atoms with Crippen molar-refractivity contribution in [2.45, 2.75) is 6.42 Å². The quantitative estimate of drug-likeness (QED) is 0.865. The number of carbonyl (C=O) groups excluding carboxylic acids is 2. The Morgan fingerprint density at radius 3 is 2.83 bits per heavy atom. The van der Waals surface area contributed by atoms with Crippen molar-refractivity contribution in [3.05, 3.63) is 28.8 Å².